The van der Waals surface area contributed by atoms with Crippen LogP contribution in [0.15, 0.2) is 17.0 Å². The maximum atomic E-state index is 11.3. The van der Waals surface area contributed by atoms with Gasteiger partial charge in [0.25, 0.3) is 9.05 Å². The molecule has 0 N–H and O–H groups in total. The van der Waals surface area contributed by atoms with Crippen LogP contribution in [0.4, 0.5) is 5.69 Å². The lowest BCUT2D eigenvalue weighted by Crippen LogP contribution is -2.02. The first-order valence-corrected chi connectivity index (χ1v) is 6.92. The van der Waals surface area contributed by atoms with E-state index in [0.717, 1.165) is 6.07 Å². The van der Waals surface area contributed by atoms with Crippen LogP contribution in [0.25, 0.3) is 0 Å². The zero-order chi connectivity index (χ0) is 13.2. The molecule has 0 radical (unpaired) electrons. The van der Waals surface area contributed by atoms with Gasteiger partial charge in [0.15, 0.2) is 5.75 Å². The van der Waals surface area contributed by atoms with E-state index in [4.69, 9.17) is 15.4 Å². The van der Waals surface area contributed by atoms with E-state index in [9.17, 15) is 18.5 Å². The van der Waals surface area contributed by atoms with Gasteiger partial charge in [0.05, 0.1) is 16.9 Å². The van der Waals surface area contributed by atoms with E-state index in [2.05, 4.69) is 0 Å². The molecule has 0 bridgehead atoms. The number of nitro benzene ring substituents is 1. The molecule has 1 rings (SSSR count). The van der Waals surface area contributed by atoms with Crippen LogP contribution < -0.4 is 4.74 Å². The lowest BCUT2D eigenvalue weighted by atomic mass is 10.1. The Balaban J connectivity index is 3.62. The Kier molecular flexibility index (Phi) is 3.94. The van der Waals surface area contributed by atoms with Crippen LogP contribution >= 0.6 is 10.7 Å². The second-order valence-electron chi connectivity index (χ2n) is 3.18. The predicted molar refractivity (Wildman–Crippen MR) is 62.1 cm³/mol. The molecule has 17 heavy (non-hydrogen) atoms. The van der Waals surface area contributed by atoms with E-state index in [1.165, 1.54) is 13.2 Å². The standard InChI is InChI=1S/C9H10ClNO5S/c1-3-6-4-8(16-2)7(11(12)13)5-9(6)17(10,14)15/h4-5H,3H2,1-2H3. The van der Waals surface area contributed by atoms with Crippen molar-refractivity contribution in [3.63, 3.8) is 0 Å². The van der Waals surface area contributed by atoms with E-state index >= 15 is 0 Å². The van der Waals surface area contributed by atoms with Gasteiger partial charge in [0.1, 0.15) is 0 Å². The lowest BCUT2D eigenvalue weighted by Gasteiger charge is -2.08. The largest absolute Gasteiger partial charge is 0.490 e. The highest BCUT2D eigenvalue weighted by molar-refractivity contribution is 8.13. The number of hydrogen-bond donors (Lipinski definition) is 0. The van der Waals surface area contributed by atoms with Crippen LogP contribution in [0.3, 0.4) is 0 Å². The minimum absolute atomic E-state index is 0.0101. The number of rotatable bonds is 4. The molecule has 1 aromatic rings. The van der Waals surface area contributed by atoms with Crippen LogP contribution in [0, 0.1) is 10.1 Å². The number of methoxy groups -OCH3 is 1. The van der Waals surface area contributed by atoms with Crippen molar-refractivity contribution in [3.05, 3.63) is 27.8 Å². The van der Waals surface area contributed by atoms with Crippen molar-refractivity contribution in [1.29, 1.82) is 0 Å². The topological polar surface area (TPSA) is 86.5 Å². The molecule has 6 nitrogen and oxygen atoms in total. The van der Waals surface area contributed by atoms with Crippen molar-refractivity contribution in [2.75, 3.05) is 7.11 Å². The summed E-state index contributed by atoms with van der Waals surface area (Å²) >= 11 is 0. The number of halogens is 1. The van der Waals surface area contributed by atoms with Crippen molar-refractivity contribution >= 4 is 25.4 Å². The molecule has 1 aromatic carbocycles. The Bertz CT molecular complexity index is 555. The van der Waals surface area contributed by atoms with E-state index in [0.29, 0.717) is 12.0 Å². The van der Waals surface area contributed by atoms with Crippen molar-refractivity contribution in [2.24, 2.45) is 0 Å². The zero-order valence-corrected chi connectivity index (χ0v) is 10.7. The number of ether oxygens (including phenoxy) is 1. The molecule has 0 aromatic heterocycles. The molecule has 0 aliphatic carbocycles. The Hall–Kier alpha value is -1.34. The number of hydrogen-bond acceptors (Lipinski definition) is 5. The van der Waals surface area contributed by atoms with Crippen LogP contribution in [-0.2, 0) is 15.5 Å². The van der Waals surface area contributed by atoms with E-state index < -0.39 is 19.7 Å². The fourth-order valence-corrected chi connectivity index (χ4v) is 2.60. The minimum atomic E-state index is -4.01. The molecule has 94 valence electrons. The van der Waals surface area contributed by atoms with Crippen LogP contribution in [0.5, 0.6) is 5.75 Å². The summed E-state index contributed by atoms with van der Waals surface area (Å²) in [5.74, 6) is 0.0101. The summed E-state index contributed by atoms with van der Waals surface area (Å²) in [4.78, 5) is 9.77. The fourth-order valence-electron chi connectivity index (χ4n) is 1.40. The van der Waals surface area contributed by atoms with Gasteiger partial charge in [-0.1, -0.05) is 6.92 Å². The summed E-state index contributed by atoms with van der Waals surface area (Å²) in [6.07, 6.45) is 0.371. The van der Waals surface area contributed by atoms with Gasteiger partial charge in [-0.15, -0.1) is 0 Å². The number of nitrogens with zero attached hydrogens (tertiary/aromatic N) is 1. The van der Waals surface area contributed by atoms with Crippen molar-refractivity contribution < 1.29 is 18.1 Å². The second kappa shape index (κ2) is 4.89. The predicted octanol–water partition coefficient (Wildman–Crippen LogP) is 2.09. The zero-order valence-electron chi connectivity index (χ0n) is 9.14. The highest BCUT2D eigenvalue weighted by Crippen LogP contribution is 2.34. The molecule has 0 saturated heterocycles. The van der Waals surface area contributed by atoms with Gasteiger partial charge in [0.2, 0.25) is 0 Å². The molecule has 0 atom stereocenters. The maximum absolute atomic E-state index is 11.3. The highest BCUT2D eigenvalue weighted by Gasteiger charge is 2.24. The number of aryl methyl sites for hydroxylation is 1. The van der Waals surface area contributed by atoms with Crippen LogP contribution in [0.1, 0.15) is 12.5 Å². The van der Waals surface area contributed by atoms with Crippen molar-refractivity contribution in [3.8, 4) is 5.75 Å². The van der Waals surface area contributed by atoms with Gasteiger partial charge >= 0.3 is 5.69 Å². The van der Waals surface area contributed by atoms with E-state index in [-0.39, 0.29) is 10.6 Å². The van der Waals surface area contributed by atoms with Crippen molar-refractivity contribution in [2.45, 2.75) is 18.2 Å². The molecule has 0 spiro atoms. The quantitative estimate of drug-likeness (QED) is 0.478. The molecule has 0 fully saturated rings. The molecular formula is C9H10ClNO5S. The van der Waals surface area contributed by atoms with Gasteiger partial charge in [-0.2, -0.15) is 0 Å². The van der Waals surface area contributed by atoms with Gasteiger partial charge in [-0.25, -0.2) is 8.42 Å². The Labute approximate surface area is 103 Å². The molecule has 0 aliphatic heterocycles. The minimum Gasteiger partial charge on any atom is -0.490 e. The third-order valence-electron chi connectivity index (χ3n) is 2.20. The Morgan fingerprint density at radius 1 is 1.47 bits per heavy atom. The Morgan fingerprint density at radius 3 is 2.41 bits per heavy atom. The first-order chi connectivity index (χ1) is 7.81. The average Bonchev–Trinajstić information content (AvgIpc) is 2.25. The van der Waals surface area contributed by atoms with Crippen molar-refractivity contribution in [1.82, 2.24) is 0 Å². The summed E-state index contributed by atoms with van der Waals surface area (Å²) in [5, 5.41) is 10.7. The summed E-state index contributed by atoms with van der Waals surface area (Å²) in [5.41, 5.74) is -0.0497. The monoisotopic (exact) mass is 279 g/mol. The van der Waals surface area contributed by atoms with Gasteiger partial charge in [0, 0.05) is 16.7 Å². The maximum Gasteiger partial charge on any atom is 0.312 e. The normalized spacial score (nSPS) is 11.2. The number of nitro groups is 1. The molecule has 0 amide bonds. The molecule has 0 aliphatic rings. The average molecular weight is 280 g/mol. The van der Waals surface area contributed by atoms with Gasteiger partial charge < -0.3 is 4.74 Å². The third kappa shape index (κ3) is 2.86. The fraction of sp³-hybridized carbons (Fsp3) is 0.333. The summed E-state index contributed by atoms with van der Waals surface area (Å²) in [6, 6.07) is 2.23. The van der Waals surface area contributed by atoms with Crippen LogP contribution in [0.2, 0.25) is 0 Å². The summed E-state index contributed by atoms with van der Waals surface area (Å²) in [6.45, 7) is 1.71. The van der Waals surface area contributed by atoms with Gasteiger partial charge in [-0.05, 0) is 18.1 Å². The van der Waals surface area contributed by atoms with Crippen LogP contribution in [-0.4, -0.2) is 20.5 Å². The van der Waals surface area contributed by atoms with E-state index in [1.54, 1.807) is 6.92 Å². The second-order valence-corrected chi connectivity index (χ2v) is 5.71. The SMILES string of the molecule is CCc1cc(OC)c([N+](=O)[O-])cc1S(=O)(=O)Cl. The Morgan fingerprint density at radius 2 is 2.06 bits per heavy atom. The molecular weight excluding hydrogens is 270 g/mol. The van der Waals surface area contributed by atoms with E-state index in [1.807, 2.05) is 0 Å². The molecule has 0 saturated carbocycles. The molecule has 0 unspecified atom stereocenters. The summed E-state index contributed by atoms with van der Waals surface area (Å²) < 4.78 is 27.4. The first-order valence-electron chi connectivity index (χ1n) is 4.61. The summed E-state index contributed by atoms with van der Waals surface area (Å²) in [7, 11) is 2.48. The number of benzene rings is 1. The molecule has 8 heteroatoms. The smallest absolute Gasteiger partial charge is 0.312 e. The third-order valence-corrected chi connectivity index (χ3v) is 3.61. The van der Waals surface area contributed by atoms with Gasteiger partial charge in [-0.3, -0.25) is 10.1 Å². The molecule has 0 heterocycles. The highest BCUT2D eigenvalue weighted by atomic mass is 35.7. The lowest BCUT2D eigenvalue weighted by molar-refractivity contribution is -0.386. The first kappa shape index (κ1) is 13.7.